The summed E-state index contributed by atoms with van der Waals surface area (Å²) in [7, 11) is 0. The molecular weight excluding hydrogens is 252 g/mol. The van der Waals surface area contributed by atoms with Crippen molar-refractivity contribution in [3.05, 3.63) is 34.9 Å². The number of anilines is 4. The van der Waals surface area contributed by atoms with Gasteiger partial charge in [0.05, 0.1) is 22.3 Å². The Morgan fingerprint density at radius 3 is 2.61 bits per heavy atom. The largest absolute Gasteiger partial charge is 0.383 e. The maximum Gasteiger partial charge on any atom is 0.223 e. The van der Waals surface area contributed by atoms with E-state index in [4.69, 9.17) is 28.3 Å². The Bertz CT molecular complexity index is 614. The van der Waals surface area contributed by atoms with Crippen molar-refractivity contribution in [2.75, 3.05) is 16.8 Å². The topological polar surface area (TPSA) is 114 Å². The first kappa shape index (κ1) is 12.0. The van der Waals surface area contributed by atoms with E-state index in [0.29, 0.717) is 22.1 Å². The summed E-state index contributed by atoms with van der Waals surface area (Å²) in [6.45, 7) is 0. The molecule has 1 heterocycles. The minimum Gasteiger partial charge on any atom is -0.383 e. The molecule has 1 aromatic carbocycles. The van der Waals surface area contributed by atoms with Gasteiger partial charge in [-0.3, -0.25) is 0 Å². The Hall–Kier alpha value is -2.52. The summed E-state index contributed by atoms with van der Waals surface area (Å²) in [6, 6.07) is 8.40. The van der Waals surface area contributed by atoms with Crippen molar-refractivity contribution in [3.8, 4) is 6.07 Å². The predicted molar refractivity (Wildman–Crippen MR) is 70.3 cm³/mol. The number of nitriles is 1. The van der Waals surface area contributed by atoms with Crippen LogP contribution in [0.4, 0.5) is 23.3 Å². The standard InChI is InChI=1S/C11H9ClN6/c12-7-3-6(5-13)1-2-8(7)16-10-4-9(14)17-11(15)18-10/h1-4H,(H5,14,15,16,17,18). The number of nitrogen functional groups attached to an aromatic ring is 2. The molecule has 0 saturated heterocycles. The van der Waals surface area contributed by atoms with Crippen LogP contribution in [-0.4, -0.2) is 9.97 Å². The molecule has 0 aliphatic heterocycles. The molecule has 0 aliphatic rings. The van der Waals surface area contributed by atoms with Crippen LogP contribution in [0.15, 0.2) is 24.3 Å². The third-order valence-corrected chi connectivity index (χ3v) is 2.44. The molecule has 90 valence electrons. The molecule has 2 rings (SSSR count). The quantitative estimate of drug-likeness (QED) is 0.760. The van der Waals surface area contributed by atoms with Gasteiger partial charge in [-0.15, -0.1) is 0 Å². The van der Waals surface area contributed by atoms with Crippen molar-refractivity contribution in [2.24, 2.45) is 0 Å². The average molecular weight is 261 g/mol. The highest BCUT2D eigenvalue weighted by Gasteiger charge is 2.05. The fraction of sp³-hybridized carbons (Fsp3) is 0. The number of nitrogens with two attached hydrogens (primary N) is 2. The molecule has 0 amide bonds. The number of rotatable bonds is 2. The molecular formula is C11H9ClN6. The molecule has 18 heavy (non-hydrogen) atoms. The molecule has 0 radical (unpaired) electrons. The van der Waals surface area contributed by atoms with Gasteiger partial charge in [-0.1, -0.05) is 11.6 Å². The van der Waals surface area contributed by atoms with Crippen LogP contribution in [-0.2, 0) is 0 Å². The van der Waals surface area contributed by atoms with Gasteiger partial charge < -0.3 is 16.8 Å². The van der Waals surface area contributed by atoms with Gasteiger partial charge in [0, 0.05) is 6.07 Å². The summed E-state index contributed by atoms with van der Waals surface area (Å²) < 4.78 is 0. The number of halogens is 1. The highest BCUT2D eigenvalue weighted by atomic mass is 35.5. The van der Waals surface area contributed by atoms with E-state index in [2.05, 4.69) is 15.3 Å². The van der Waals surface area contributed by atoms with Gasteiger partial charge in [0.1, 0.15) is 11.6 Å². The van der Waals surface area contributed by atoms with Crippen LogP contribution in [0.1, 0.15) is 5.56 Å². The molecule has 0 unspecified atom stereocenters. The van der Waals surface area contributed by atoms with E-state index in [1.165, 1.54) is 6.07 Å². The zero-order valence-electron chi connectivity index (χ0n) is 9.18. The lowest BCUT2D eigenvalue weighted by molar-refractivity contribution is 1.19. The lowest BCUT2D eigenvalue weighted by atomic mass is 10.2. The van der Waals surface area contributed by atoms with E-state index >= 15 is 0 Å². The van der Waals surface area contributed by atoms with Crippen LogP contribution in [0.3, 0.4) is 0 Å². The molecule has 0 bridgehead atoms. The summed E-state index contributed by atoms with van der Waals surface area (Å²) in [6.07, 6.45) is 0. The number of aromatic nitrogens is 2. The Balaban J connectivity index is 2.31. The van der Waals surface area contributed by atoms with E-state index in [9.17, 15) is 0 Å². The van der Waals surface area contributed by atoms with Gasteiger partial charge in [0.25, 0.3) is 0 Å². The Labute approximate surface area is 108 Å². The maximum atomic E-state index is 8.73. The van der Waals surface area contributed by atoms with Crippen LogP contribution in [0.5, 0.6) is 0 Å². The van der Waals surface area contributed by atoms with Crippen molar-refractivity contribution in [1.29, 1.82) is 5.26 Å². The normalized spacial score (nSPS) is 9.78. The lowest BCUT2D eigenvalue weighted by Gasteiger charge is -2.08. The maximum absolute atomic E-state index is 8.73. The number of benzene rings is 1. The molecule has 6 nitrogen and oxygen atoms in total. The SMILES string of the molecule is N#Cc1ccc(Nc2cc(N)nc(N)n2)c(Cl)c1. The van der Waals surface area contributed by atoms with Crippen molar-refractivity contribution < 1.29 is 0 Å². The number of hydrogen-bond donors (Lipinski definition) is 3. The van der Waals surface area contributed by atoms with E-state index in [-0.39, 0.29) is 11.8 Å². The molecule has 5 N–H and O–H groups in total. The first-order valence-corrected chi connectivity index (χ1v) is 5.33. The van der Waals surface area contributed by atoms with Crippen molar-refractivity contribution in [1.82, 2.24) is 9.97 Å². The number of hydrogen-bond acceptors (Lipinski definition) is 6. The van der Waals surface area contributed by atoms with E-state index in [1.54, 1.807) is 18.2 Å². The van der Waals surface area contributed by atoms with Crippen molar-refractivity contribution in [3.63, 3.8) is 0 Å². The van der Waals surface area contributed by atoms with Crippen LogP contribution in [0.25, 0.3) is 0 Å². The fourth-order valence-corrected chi connectivity index (χ4v) is 1.60. The van der Waals surface area contributed by atoms with Crippen LogP contribution >= 0.6 is 11.6 Å². The summed E-state index contributed by atoms with van der Waals surface area (Å²) in [5.74, 6) is 0.767. The second kappa shape index (κ2) is 4.77. The summed E-state index contributed by atoms with van der Waals surface area (Å²) in [5, 5.41) is 12.1. The van der Waals surface area contributed by atoms with Crippen LogP contribution in [0, 0.1) is 11.3 Å². The van der Waals surface area contributed by atoms with Gasteiger partial charge in [-0.25, -0.2) is 0 Å². The zero-order valence-corrected chi connectivity index (χ0v) is 9.94. The smallest absolute Gasteiger partial charge is 0.223 e. The highest BCUT2D eigenvalue weighted by Crippen LogP contribution is 2.26. The summed E-state index contributed by atoms with van der Waals surface area (Å²) >= 11 is 6.02. The first-order valence-electron chi connectivity index (χ1n) is 4.95. The first-order chi connectivity index (χ1) is 8.58. The molecule has 2 aromatic rings. The van der Waals surface area contributed by atoms with E-state index in [1.807, 2.05) is 6.07 Å². The highest BCUT2D eigenvalue weighted by molar-refractivity contribution is 6.33. The number of nitrogens with zero attached hydrogens (tertiary/aromatic N) is 3. The zero-order chi connectivity index (χ0) is 13.1. The molecule has 0 aliphatic carbocycles. The lowest BCUT2D eigenvalue weighted by Crippen LogP contribution is -2.03. The monoisotopic (exact) mass is 260 g/mol. The van der Waals surface area contributed by atoms with Gasteiger partial charge >= 0.3 is 0 Å². The third kappa shape index (κ3) is 2.59. The van der Waals surface area contributed by atoms with Crippen LogP contribution < -0.4 is 16.8 Å². The second-order valence-electron chi connectivity index (χ2n) is 3.47. The molecule has 1 aromatic heterocycles. The molecule has 0 atom stereocenters. The molecule has 0 spiro atoms. The third-order valence-electron chi connectivity index (χ3n) is 2.12. The van der Waals surface area contributed by atoms with E-state index < -0.39 is 0 Å². The fourth-order valence-electron chi connectivity index (χ4n) is 1.37. The Kier molecular flexibility index (Phi) is 3.17. The molecule has 0 fully saturated rings. The Morgan fingerprint density at radius 2 is 2.00 bits per heavy atom. The van der Waals surface area contributed by atoms with Crippen molar-refractivity contribution in [2.45, 2.75) is 0 Å². The van der Waals surface area contributed by atoms with Crippen LogP contribution in [0.2, 0.25) is 5.02 Å². The van der Waals surface area contributed by atoms with Gasteiger partial charge in [-0.05, 0) is 18.2 Å². The predicted octanol–water partition coefficient (Wildman–Crippen LogP) is 1.91. The number of nitrogens with one attached hydrogen (secondary N) is 1. The van der Waals surface area contributed by atoms with Gasteiger partial charge in [0.2, 0.25) is 5.95 Å². The Morgan fingerprint density at radius 1 is 1.22 bits per heavy atom. The van der Waals surface area contributed by atoms with E-state index in [0.717, 1.165) is 0 Å². The molecule has 7 heteroatoms. The van der Waals surface area contributed by atoms with Gasteiger partial charge in [-0.2, -0.15) is 15.2 Å². The van der Waals surface area contributed by atoms with Crippen molar-refractivity contribution >= 4 is 34.9 Å². The minimum atomic E-state index is 0.0715. The molecule has 0 saturated carbocycles. The summed E-state index contributed by atoms with van der Waals surface area (Å²) in [4.78, 5) is 7.72. The second-order valence-corrected chi connectivity index (χ2v) is 3.87. The minimum absolute atomic E-state index is 0.0715. The van der Waals surface area contributed by atoms with Gasteiger partial charge in [0.15, 0.2) is 0 Å². The average Bonchev–Trinajstić information content (AvgIpc) is 2.30. The summed E-state index contributed by atoms with van der Waals surface area (Å²) in [5.41, 5.74) is 12.1.